The zero-order chi connectivity index (χ0) is 20.7. The van der Waals surface area contributed by atoms with E-state index in [4.69, 9.17) is 4.98 Å². The number of urea groups is 1. The maximum absolute atomic E-state index is 13.7. The number of fused-ring (bicyclic) bond motifs is 1. The number of anilines is 2. The van der Waals surface area contributed by atoms with Crippen LogP contribution in [0.15, 0.2) is 36.9 Å². The van der Waals surface area contributed by atoms with Gasteiger partial charge < -0.3 is 20.2 Å². The van der Waals surface area contributed by atoms with Crippen LogP contribution < -0.4 is 10.2 Å². The van der Waals surface area contributed by atoms with E-state index in [1.165, 1.54) is 12.3 Å². The number of β-amino-alcohol motifs (C(OH)–C–C–N with tert-alkyl or cyclic N) is 1. The average molecular weight is 411 g/mol. The number of rotatable bonds is 3. The van der Waals surface area contributed by atoms with Crippen molar-refractivity contribution in [2.75, 3.05) is 29.9 Å². The highest BCUT2D eigenvalue weighted by molar-refractivity contribution is 5.93. The van der Waals surface area contributed by atoms with E-state index in [9.17, 15) is 14.3 Å². The van der Waals surface area contributed by atoms with Gasteiger partial charge in [-0.1, -0.05) is 0 Å². The maximum atomic E-state index is 13.7. The molecule has 0 radical (unpaired) electrons. The zero-order valence-electron chi connectivity index (χ0n) is 16.3. The Labute approximate surface area is 172 Å². The number of amides is 2. The second-order valence-electron chi connectivity index (χ2n) is 7.72. The first-order valence-electron chi connectivity index (χ1n) is 10.0. The summed E-state index contributed by atoms with van der Waals surface area (Å²) >= 11 is 0. The first-order chi connectivity index (χ1) is 14.6. The van der Waals surface area contributed by atoms with Crippen LogP contribution in [0.2, 0.25) is 0 Å². The molecule has 0 aromatic carbocycles. The molecule has 0 saturated carbocycles. The smallest absolute Gasteiger partial charge is 0.322 e. The quantitative estimate of drug-likeness (QED) is 0.686. The predicted octanol–water partition coefficient (Wildman–Crippen LogP) is 2.20. The minimum atomic E-state index is -0.478. The van der Waals surface area contributed by atoms with E-state index in [1.807, 2.05) is 6.07 Å². The van der Waals surface area contributed by atoms with Crippen LogP contribution in [0.4, 0.5) is 20.7 Å². The number of carbonyl (C=O) groups excluding carboxylic acids is 1. The number of aromatic nitrogens is 4. The van der Waals surface area contributed by atoms with Crippen LogP contribution in [0.5, 0.6) is 0 Å². The van der Waals surface area contributed by atoms with E-state index in [2.05, 4.69) is 20.3 Å². The van der Waals surface area contributed by atoms with Crippen molar-refractivity contribution in [3.05, 3.63) is 48.3 Å². The number of likely N-dealkylation sites (tertiary alicyclic amines) is 1. The van der Waals surface area contributed by atoms with Crippen molar-refractivity contribution < 1.29 is 14.3 Å². The summed E-state index contributed by atoms with van der Waals surface area (Å²) in [5.74, 6) is 0.387. The molecule has 3 aromatic rings. The summed E-state index contributed by atoms with van der Waals surface area (Å²) in [6.45, 7) is 1.63. The van der Waals surface area contributed by atoms with Crippen LogP contribution >= 0.6 is 0 Å². The molecule has 2 N–H and O–H groups in total. The maximum Gasteiger partial charge on any atom is 0.322 e. The summed E-state index contributed by atoms with van der Waals surface area (Å²) < 4.78 is 15.3. The van der Waals surface area contributed by atoms with Crippen molar-refractivity contribution in [2.45, 2.75) is 31.4 Å². The minimum absolute atomic E-state index is 0.00444. The Balaban J connectivity index is 1.42. The van der Waals surface area contributed by atoms with Crippen molar-refractivity contribution >= 4 is 23.2 Å². The van der Waals surface area contributed by atoms with Gasteiger partial charge in [-0.15, -0.1) is 0 Å². The van der Waals surface area contributed by atoms with Crippen molar-refractivity contribution in [1.29, 1.82) is 0 Å². The summed E-state index contributed by atoms with van der Waals surface area (Å²) in [6, 6.07) is 3.10. The molecular formula is C20H22FN7O2. The topological polar surface area (TPSA) is 98.9 Å². The Morgan fingerprint density at radius 3 is 2.93 bits per heavy atom. The van der Waals surface area contributed by atoms with Gasteiger partial charge in [0.05, 0.1) is 24.5 Å². The molecule has 2 saturated heterocycles. The number of aliphatic hydroxyl groups excluding tert-OH is 1. The number of aliphatic hydroxyl groups is 1. The van der Waals surface area contributed by atoms with Gasteiger partial charge in [0.2, 0.25) is 0 Å². The van der Waals surface area contributed by atoms with Gasteiger partial charge in [0.15, 0.2) is 5.65 Å². The fourth-order valence-electron chi connectivity index (χ4n) is 4.23. The van der Waals surface area contributed by atoms with E-state index >= 15 is 0 Å². The van der Waals surface area contributed by atoms with E-state index in [1.54, 1.807) is 28.0 Å². The zero-order valence-corrected chi connectivity index (χ0v) is 16.3. The molecule has 2 amide bonds. The normalized spacial score (nSPS) is 21.5. The summed E-state index contributed by atoms with van der Waals surface area (Å²) in [6.07, 6.45) is 8.21. The second-order valence-corrected chi connectivity index (χ2v) is 7.72. The Morgan fingerprint density at radius 2 is 2.13 bits per heavy atom. The van der Waals surface area contributed by atoms with Gasteiger partial charge in [0.1, 0.15) is 17.3 Å². The minimum Gasteiger partial charge on any atom is -0.391 e. The standard InChI is InChI=1S/C20H22FN7O2/c21-14-8-13(9-22-10-14)17-2-1-5-27(17)18-4-7-28-19(25-18)16(11-23-28)24-20(30)26-6-3-15(29)12-26/h4,7-11,15,17,29H,1-3,5-6,12H2,(H,24,30)/t15?,17-/m1/s1. The van der Waals surface area contributed by atoms with Gasteiger partial charge in [0, 0.05) is 32.0 Å². The average Bonchev–Trinajstić information content (AvgIpc) is 3.47. The van der Waals surface area contributed by atoms with Gasteiger partial charge in [-0.3, -0.25) is 4.98 Å². The first kappa shape index (κ1) is 18.7. The Bertz CT molecular complexity index is 1090. The van der Waals surface area contributed by atoms with Gasteiger partial charge in [-0.05, 0) is 37.0 Å². The number of halogens is 1. The molecule has 2 aliphatic rings. The summed E-state index contributed by atoms with van der Waals surface area (Å²) in [5.41, 5.74) is 1.86. The Kier molecular flexibility index (Phi) is 4.70. The molecule has 3 aromatic heterocycles. The van der Waals surface area contributed by atoms with E-state index in [0.29, 0.717) is 30.8 Å². The molecule has 156 valence electrons. The highest BCUT2D eigenvalue weighted by Gasteiger charge is 2.29. The van der Waals surface area contributed by atoms with E-state index in [-0.39, 0.29) is 17.9 Å². The van der Waals surface area contributed by atoms with Crippen LogP contribution in [0.25, 0.3) is 5.65 Å². The predicted molar refractivity (Wildman–Crippen MR) is 108 cm³/mol. The first-order valence-corrected chi connectivity index (χ1v) is 10.0. The lowest BCUT2D eigenvalue weighted by atomic mass is 10.1. The van der Waals surface area contributed by atoms with Gasteiger partial charge >= 0.3 is 6.03 Å². The van der Waals surface area contributed by atoms with Crippen LogP contribution in [-0.2, 0) is 0 Å². The van der Waals surface area contributed by atoms with Crippen molar-refractivity contribution in [1.82, 2.24) is 24.5 Å². The molecular weight excluding hydrogens is 389 g/mol. The molecule has 2 atom stereocenters. The molecule has 2 aliphatic heterocycles. The van der Waals surface area contributed by atoms with Crippen LogP contribution in [0.1, 0.15) is 30.9 Å². The third-order valence-corrected chi connectivity index (χ3v) is 5.70. The summed E-state index contributed by atoms with van der Waals surface area (Å²) in [4.78, 5) is 24.9. The fraction of sp³-hybridized carbons (Fsp3) is 0.400. The largest absolute Gasteiger partial charge is 0.391 e. The molecule has 10 heteroatoms. The van der Waals surface area contributed by atoms with E-state index in [0.717, 1.165) is 30.8 Å². The molecule has 0 bridgehead atoms. The third kappa shape index (κ3) is 3.43. The highest BCUT2D eigenvalue weighted by Crippen LogP contribution is 2.35. The Morgan fingerprint density at radius 1 is 1.23 bits per heavy atom. The monoisotopic (exact) mass is 411 g/mol. The SMILES string of the molecule is O=C(Nc1cnn2ccc(N3CCC[C@@H]3c3cncc(F)c3)nc12)N1CCC(O)C1. The number of nitrogens with zero attached hydrogens (tertiary/aromatic N) is 6. The molecule has 30 heavy (non-hydrogen) atoms. The fourth-order valence-corrected chi connectivity index (χ4v) is 4.23. The summed E-state index contributed by atoms with van der Waals surface area (Å²) in [5, 5.41) is 16.8. The number of pyridine rings is 1. The highest BCUT2D eigenvalue weighted by atomic mass is 19.1. The second kappa shape index (κ2) is 7.52. The lowest BCUT2D eigenvalue weighted by Crippen LogP contribution is -2.33. The van der Waals surface area contributed by atoms with Gasteiger partial charge in [0.25, 0.3) is 0 Å². The molecule has 5 heterocycles. The number of hydrogen-bond donors (Lipinski definition) is 2. The van der Waals surface area contributed by atoms with Crippen LogP contribution in [0, 0.1) is 5.82 Å². The third-order valence-electron chi connectivity index (χ3n) is 5.70. The van der Waals surface area contributed by atoms with E-state index < -0.39 is 6.10 Å². The number of carbonyl (C=O) groups is 1. The lowest BCUT2D eigenvalue weighted by molar-refractivity contribution is 0.176. The lowest BCUT2D eigenvalue weighted by Gasteiger charge is -2.26. The molecule has 0 spiro atoms. The van der Waals surface area contributed by atoms with Crippen LogP contribution in [0.3, 0.4) is 0 Å². The van der Waals surface area contributed by atoms with Crippen molar-refractivity contribution in [3.63, 3.8) is 0 Å². The number of hydrogen-bond acceptors (Lipinski definition) is 6. The molecule has 1 unspecified atom stereocenters. The van der Waals surface area contributed by atoms with Crippen molar-refractivity contribution in [3.8, 4) is 0 Å². The van der Waals surface area contributed by atoms with Gasteiger partial charge in [-0.2, -0.15) is 5.10 Å². The molecule has 5 rings (SSSR count). The molecule has 0 aliphatic carbocycles. The summed E-state index contributed by atoms with van der Waals surface area (Å²) in [7, 11) is 0. The molecule has 2 fully saturated rings. The number of nitrogens with one attached hydrogen (secondary N) is 1. The van der Waals surface area contributed by atoms with Crippen molar-refractivity contribution in [2.24, 2.45) is 0 Å². The Hall–Kier alpha value is -3.27. The molecule has 9 nitrogen and oxygen atoms in total. The van der Waals surface area contributed by atoms with Gasteiger partial charge in [-0.25, -0.2) is 18.7 Å². The van der Waals surface area contributed by atoms with Crippen LogP contribution in [-0.4, -0.2) is 61.4 Å².